The fourth-order valence-corrected chi connectivity index (χ4v) is 4.70. The minimum Gasteiger partial charge on any atom is -0.477 e. The number of hydrogen-bond acceptors (Lipinski definition) is 3. The molecule has 0 heterocycles. The van der Waals surface area contributed by atoms with Crippen LogP contribution < -0.4 is 5.43 Å². The summed E-state index contributed by atoms with van der Waals surface area (Å²) in [5, 5.41) is 13.4. The minimum absolute atomic E-state index is 0.0400. The van der Waals surface area contributed by atoms with E-state index in [4.69, 9.17) is 5.11 Å². The predicted molar refractivity (Wildman–Crippen MR) is 73.9 cm³/mol. The largest absolute Gasteiger partial charge is 0.477 e. The molecule has 19 heavy (non-hydrogen) atoms. The zero-order valence-corrected chi connectivity index (χ0v) is 11.8. The van der Waals surface area contributed by atoms with E-state index in [0.29, 0.717) is 6.04 Å². The first kappa shape index (κ1) is 12.9. The Hall–Kier alpha value is -1.06. The summed E-state index contributed by atoms with van der Waals surface area (Å²) in [6.45, 7) is 3.76. The van der Waals surface area contributed by atoms with Crippen molar-refractivity contribution >= 4 is 11.7 Å². The summed E-state index contributed by atoms with van der Waals surface area (Å²) in [4.78, 5) is 11.1. The van der Waals surface area contributed by atoms with Gasteiger partial charge in [0, 0.05) is 12.0 Å². The number of carboxylic acid groups (broad SMARTS) is 1. The highest BCUT2D eigenvalue weighted by Gasteiger charge is 2.48. The highest BCUT2D eigenvalue weighted by atomic mass is 16.4. The van der Waals surface area contributed by atoms with Crippen molar-refractivity contribution in [3.63, 3.8) is 0 Å². The van der Waals surface area contributed by atoms with Crippen molar-refractivity contribution in [3.8, 4) is 0 Å². The molecule has 0 saturated heterocycles. The number of nitrogens with zero attached hydrogens (tertiary/aromatic N) is 1. The Morgan fingerprint density at radius 2 is 1.63 bits per heavy atom. The lowest BCUT2D eigenvalue weighted by atomic mass is 9.54. The molecule has 0 aromatic carbocycles. The molecule has 4 nitrogen and oxygen atoms in total. The number of carbonyl (C=O) groups is 1. The summed E-state index contributed by atoms with van der Waals surface area (Å²) >= 11 is 0. The molecule has 0 aromatic rings. The average molecular weight is 264 g/mol. The van der Waals surface area contributed by atoms with Crippen LogP contribution in [0.3, 0.4) is 0 Å². The van der Waals surface area contributed by atoms with Gasteiger partial charge in [-0.15, -0.1) is 0 Å². The van der Waals surface area contributed by atoms with E-state index in [0.717, 1.165) is 23.7 Å². The van der Waals surface area contributed by atoms with Gasteiger partial charge < -0.3 is 10.5 Å². The molecule has 4 saturated carbocycles. The minimum atomic E-state index is -0.897. The van der Waals surface area contributed by atoms with Crippen molar-refractivity contribution in [3.05, 3.63) is 0 Å². The van der Waals surface area contributed by atoms with E-state index in [1.165, 1.54) is 32.1 Å². The standard InChI is InChI=1S/C15H24N2O2/c1-8(2)13(15(18)19)16-17-14-11-4-9-3-10(6-11)7-12(14)5-9/h8-12,14,17H,3-7H2,1-2H3,(H,18,19)/b16-13+. The van der Waals surface area contributed by atoms with Gasteiger partial charge in [-0.05, 0) is 55.8 Å². The third kappa shape index (κ3) is 2.37. The second kappa shape index (κ2) is 4.80. The molecular formula is C15H24N2O2. The highest BCUT2D eigenvalue weighted by Crippen LogP contribution is 2.53. The monoisotopic (exact) mass is 264 g/mol. The van der Waals surface area contributed by atoms with Gasteiger partial charge in [0.15, 0.2) is 0 Å². The van der Waals surface area contributed by atoms with Crippen LogP contribution >= 0.6 is 0 Å². The smallest absolute Gasteiger partial charge is 0.352 e. The Balaban J connectivity index is 1.70. The summed E-state index contributed by atoms with van der Waals surface area (Å²) in [6, 6.07) is 0.417. The number of aliphatic carboxylic acids is 1. The summed E-state index contributed by atoms with van der Waals surface area (Å²) in [6.07, 6.45) is 6.73. The lowest BCUT2D eigenvalue weighted by Gasteiger charge is -2.54. The maximum Gasteiger partial charge on any atom is 0.352 e. The molecule has 2 N–H and O–H groups in total. The third-order valence-corrected chi connectivity index (χ3v) is 5.33. The summed E-state index contributed by atoms with van der Waals surface area (Å²) in [7, 11) is 0. The van der Waals surface area contributed by atoms with Crippen LogP contribution in [0, 0.1) is 29.6 Å². The average Bonchev–Trinajstić information content (AvgIpc) is 2.30. The fraction of sp³-hybridized carbons (Fsp3) is 0.867. The first-order valence-electron chi connectivity index (χ1n) is 7.61. The summed E-state index contributed by atoms with van der Waals surface area (Å²) in [5.74, 6) is 2.39. The zero-order chi connectivity index (χ0) is 13.6. The van der Waals surface area contributed by atoms with Crippen LogP contribution in [-0.2, 0) is 4.79 Å². The molecule has 4 heteroatoms. The molecule has 4 bridgehead atoms. The topological polar surface area (TPSA) is 61.7 Å². The molecule has 0 unspecified atom stereocenters. The molecular weight excluding hydrogens is 240 g/mol. The first-order valence-corrected chi connectivity index (χ1v) is 7.61. The van der Waals surface area contributed by atoms with Crippen molar-refractivity contribution in [2.75, 3.05) is 0 Å². The Morgan fingerprint density at radius 3 is 2.05 bits per heavy atom. The highest BCUT2D eigenvalue weighted by molar-refractivity contribution is 6.36. The van der Waals surface area contributed by atoms with Crippen LogP contribution in [0.4, 0.5) is 0 Å². The van der Waals surface area contributed by atoms with Gasteiger partial charge in [-0.3, -0.25) is 0 Å². The number of hydrazone groups is 1. The van der Waals surface area contributed by atoms with Crippen LogP contribution in [0.25, 0.3) is 0 Å². The molecule has 4 fully saturated rings. The number of nitrogens with one attached hydrogen (secondary N) is 1. The molecule has 0 atom stereocenters. The number of hydrogen-bond donors (Lipinski definition) is 2. The van der Waals surface area contributed by atoms with Gasteiger partial charge in [-0.2, -0.15) is 5.10 Å². The lowest BCUT2D eigenvalue weighted by molar-refractivity contribution is -0.129. The van der Waals surface area contributed by atoms with Gasteiger partial charge >= 0.3 is 5.97 Å². The first-order chi connectivity index (χ1) is 9.04. The van der Waals surface area contributed by atoms with E-state index in [-0.39, 0.29) is 11.6 Å². The second-order valence-electron chi connectivity index (χ2n) is 7.04. The Labute approximate surface area is 114 Å². The number of carboxylic acids is 1. The van der Waals surface area contributed by atoms with Crippen molar-refractivity contribution in [1.82, 2.24) is 5.43 Å². The van der Waals surface area contributed by atoms with Crippen molar-refractivity contribution in [2.24, 2.45) is 34.7 Å². The maximum atomic E-state index is 11.1. The molecule has 0 amide bonds. The van der Waals surface area contributed by atoms with Crippen LogP contribution in [0.1, 0.15) is 46.0 Å². The SMILES string of the molecule is CC(C)/C(=N\NC1C2CC3CC(C2)CC1C3)C(=O)O. The third-order valence-electron chi connectivity index (χ3n) is 5.33. The van der Waals surface area contributed by atoms with E-state index in [1.807, 2.05) is 13.8 Å². The molecule has 4 aliphatic rings. The van der Waals surface area contributed by atoms with Gasteiger partial charge in [-0.1, -0.05) is 13.8 Å². The van der Waals surface area contributed by atoms with Gasteiger partial charge in [-0.25, -0.2) is 4.79 Å². The van der Waals surface area contributed by atoms with E-state index < -0.39 is 5.97 Å². The van der Waals surface area contributed by atoms with Gasteiger partial charge in [0.25, 0.3) is 0 Å². The van der Waals surface area contributed by atoms with E-state index in [1.54, 1.807) is 0 Å². The van der Waals surface area contributed by atoms with E-state index in [9.17, 15) is 4.79 Å². The summed E-state index contributed by atoms with van der Waals surface area (Å²) < 4.78 is 0. The van der Waals surface area contributed by atoms with Crippen molar-refractivity contribution in [2.45, 2.75) is 52.0 Å². The van der Waals surface area contributed by atoms with Gasteiger partial charge in [0.2, 0.25) is 0 Å². The predicted octanol–water partition coefficient (Wildman–Crippen LogP) is 2.50. The van der Waals surface area contributed by atoms with E-state index >= 15 is 0 Å². The molecule has 0 spiro atoms. The van der Waals surface area contributed by atoms with Crippen LogP contribution in [0.2, 0.25) is 0 Å². The Kier molecular flexibility index (Phi) is 3.27. The molecule has 4 rings (SSSR count). The lowest BCUT2D eigenvalue weighted by Crippen LogP contribution is -2.53. The van der Waals surface area contributed by atoms with Crippen LogP contribution in [-0.4, -0.2) is 22.8 Å². The second-order valence-corrected chi connectivity index (χ2v) is 7.04. The zero-order valence-electron chi connectivity index (χ0n) is 11.8. The van der Waals surface area contributed by atoms with Gasteiger partial charge in [0.05, 0.1) is 0 Å². The van der Waals surface area contributed by atoms with Crippen molar-refractivity contribution < 1.29 is 9.90 Å². The maximum absolute atomic E-state index is 11.1. The Bertz CT molecular complexity index is 375. The van der Waals surface area contributed by atoms with Crippen LogP contribution in [0.5, 0.6) is 0 Å². The van der Waals surface area contributed by atoms with Crippen LogP contribution in [0.15, 0.2) is 5.10 Å². The normalized spacial score (nSPS) is 40.8. The fourth-order valence-electron chi connectivity index (χ4n) is 4.70. The Morgan fingerprint density at radius 1 is 1.11 bits per heavy atom. The quantitative estimate of drug-likeness (QED) is 0.606. The summed E-state index contributed by atoms with van der Waals surface area (Å²) in [5.41, 5.74) is 3.49. The molecule has 4 aliphatic carbocycles. The molecule has 106 valence electrons. The van der Waals surface area contributed by atoms with E-state index in [2.05, 4.69) is 10.5 Å². The number of rotatable bonds is 4. The molecule has 0 radical (unpaired) electrons. The molecule has 0 aliphatic heterocycles. The van der Waals surface area contributed by atoms with Gasteiger partial charge in [0.1, 0.15) is 5.71 Å². The van der Waals surface area contributed by atoms with Crippen molar-refractivity contribution in [1.29, 1.82) is 0 Å². The molecule has 0 aromatic heterocycles.